The van der Waals surface area contributed by atoms with Crippen LogP contribution in [0, 0.1) is 0 Å². The fourth-order valence-electron chi connectivity index (χ4n) is 2.14. The molecule has 0 aliphatic rings. The van der Waals surface area contributed by atoms with Gasteiger partial charge in [-0.2, -0.15) is 0 Å². The van der Waals surface area contributed by atoms with E-state index in [0.717, 1.165) is 21.4 Å². The average Bonchev–Trinajstić information content (AvgIpc) is 2.57. The number of benzene rings is 1. The van der Waals surface area contributed by atoms with Gasteiger partial charge in [0.05, 0.1) is 17.8 Å². The Hall–Kier alpha value is -3.07. The molecule has 1 amide bonds. The molecule has 1 heterocycles. The van der Waals surface area contributed by atoms with E-state index in [4.69, 9.17) is 21.4 Å². The third-order valence-corrected chi connectivity index (χ3v) is 3.77. The Morgan fingerprint density at radius 2 is 1.84 bits per heavy atom. The molecular weight excluding hydrogens is 354 g/mol. The summed E-state index contributed by atoms with van der Waals surface area (Å²) in [6, 6.07) is 2.35. The topological polar surface area (TPSA) is 120 Å². The molecule has 10 heteroatoms. The molecule has 2 N–H and O–H groups in total. The van der Waals surface area contributed by atoms with Crippen molar-refractivity contribution in [1.29, 1.82) is 0 Å². The van der Waals surface area contributed by atoms with E-state index in [2.05, 4.69) is 5.32 Å². The van der Waals surface area contributed by atoms with Crippen LogP contribution < -0.4 is 21.3 Å². The molecule has 0 bridgehead atoms. The molecule has 0 radical (unpaired) electrons. The van der Waals surface area contributed by atoms with Gasteiger partial charge in [-0.3, -0.25) is 14.2 Å². The van der Waals surface area contributed by atoms with E-state index >= 15 is 0 Å². The first-order chi connectivity index (χ1) is 11.7. The molecule has 0 saturated carbocycles. The van der Waals surface area contributed by atoms with Crippen LogP contribution in [0.15, 0.2) is 27.9 Å². The summed E-state index contributed by atoms with van der Waals surface area (Å²) >= 11 is 5.99. The van der Waals surface area contributed by atoms with E-state index in [1.54, 1.807) is 0 Å². The molecule has 1 aromatic heterocycles. The highest BCUT2D eigenvalue weighted by atomic mass is 35.5. The van der Waals surface area contributed by atoms with Crippen molar-refractivity contribution in [2.24, 2.45) is 14.1 Å². The standard InChI is InChI=1S/C15H14ClN3O6/c1-18-6-8(13(21)19(2)15(18)24)12(20)17-10-5-11(25-3)7(14(22)23)4-9(10)16/h4-6H,1-3H3,(H,17,20)(H,22,23). The number of carboxylic acid groups (broad SMARTS) is 1. The Balaban J connectivity index is 2.47. The maximum absolute atomic E-state index is 12.4. The minimum Gasteiger partial charge on any atom is -0.496 e. The van der Waals surface area contributed by atoms with Crippen LogP contribution in [0.25, 0.3) is 0 Å². The predicted molar refractivity (Wildman–Crippen MR) is 89.8 cm³/mol. The molecule has 0 aliphatic carbocycles. The van der Waals surface area contributed by atoms with Crippen molar-refractivity contribution in [1.82, 2.24) is 9.13 Å². The summed E-state index contributed by atoms with van der Waals surface area (Å²) in [4.78, 5) is 47.2. The fourth-order valence-corrected chi connectivity index (χ4v) is 2.35. The van der Waals surface area contributed by atoms with Gasteiger partial charge in [0.2, 0.25) is 0 Å². The van der Waals surface area contributed by atoms with Crippen molar-refractivity contribution in [3.8, 4) is 5.75 Å². The molecule has 2 aromatic rings. The highest BCUT2D eigenvalue weighted by Crippen LogP contribution is 2.31. The van der Waals surface area contributed by atoms with Crippen LogP contribution in [0.3, 0.4) is 0 Å². The summed E-state index contributed by atoms with van der Waals surface area (Å²) in [6.45, 7) is 0. The molecular formula is C15H14ClN3O6. The number of halogens is 1. The molecule has 9 nitrogen and oxygen atoms in total. The number of carboxylic acids is 1. The Kier molecular flexibility index (Phi) is 4.98. The predicted octanol–water partition coefficient (Wildman–Crippen LogP) is 0.696. The number of amides is 1. The second-order valence-corrected chi connectivity index (χ2v) is 5.50. The molecule has 0 fully saturated rings. The summed E-state index contributed by atoms with van der Waals surface area (Å²) in [5, 5.41) is 11.5. The lowest BCUT2D eigenvalue weighted by Gasteiger charge is -2.12. The molecule has 0 aliphatic heterocycles. The zero-order chi connectivity index (χ0) is 18.9. The van der Waals surface area contributed by atoms with Crippen LogP contribution in [-0.4, -0.2) is 33.2 Å². The molecule has 0 saturated heterocycles. The molecule has 1 aromatic carbocycles. The number of anilines is 1. The third-order valence-electron chi connectivity index (χ3n) is 3.46. The van der Waals surface area contributed by atoms with Crippen molar-refractivity contribution in [3.05, 3.63) is 55.3 Å². The lowest BCUT2D eigenvalue weighted by Crippen LogP contribution is -2.40. The van der Waals surface area contributed by atoms with Gasteiger partial charge in [-0.05, 0) is 6.07 Å². The van der Waals surface area contributed by atoms with E-state index in [0.29, 0.717) is 0 Å². The molecule has 0 atom stereocenters. The van der Waals surface area contributed by atoms with Gasteiger partial charge in [0.1, 0.15) is 16.9 Å². The first-order valence-corrected chi connectivity index (χ1v) is 7.24. The number of aromatic carboxylic acids is 1. The lowest BCUT2D eigenvalue weighted by atomic mass is 10.1. The number of aryl methyl sites for hydroxylation is 1. The Morgan fingerprint density at radius 1 is 1.20 bits per heavy atom. The number of hydrogen-bond acceptors (Lipinski definition) is 5. The van der Waals surface area contributed by atoms with Gasteiger partial charge in [0, 0.05) is 26.4 Å². The van der Waals surface area contributed by atoms with Crippen molar-refractivity contribution < 1.29 is 19.4 Å². The van der Waals surface area contributed by atoms with Gasteiger partial charge >= 0.3 is 11.7 Å². The van der Waals surface area contributed by atoms with E-state index < -0.39 is 23.1 Å². The highest BCUT2D eigenvalue weighted by Gasteiger charge is 2.19. The quantitative estimate of drug-likeness (QED) is 0.820. The monoisotopic (exact) mass is 367 g/mol. The minimum atomic E-state index is -1.25. The summed E-state index contributed by atoms with van der Waals surface area (Å²) in [7, 11) is 3.92. The molecule has 0 spiro atoms. The number of aromatic nitrogens is 2. The summed E-state index contributed by atoms with van der Waals surface area (Å²) in [5.41, 5.74) is -1.74. The first-order valence-electron chi connectivity index (χ1n) is 6.86. The number of nitrogens with one attached hydrogen (secondary N) is 1. The van der Waals surface area contributed by atoms with Gasteiger partial charge in [-0.1, -0.05) is 11.6 Å². The normalized spacial score (nSPS) is 10.4. The Morgan fingerprint density at radius 3 is 2.40 bits per heavy atom. The van der Waals surface area contributed by atoms with Gasteiger partial charge in [0.25, 0.3) is 11.5 Å². The van der Waals surface area contributed by atoms with E-state index in [-0.39, 0.29) is 27.6 Å². The fraction of sp³-hybridized carbons (Fsp3) is 0.200. The van der Waals surface area contributed by atoms with Crippen LogP contribution in [0.4, 0.5) is 5.69 Å². The van der Waals surface area contributed by atoms with Gasteiger partial charge < -0.3 is 19.7 Å². The number of methoxy groups -OCH3 is 1. The molecule has 0 unspecified atom stereocenters. The average molecular weight is 368 g/mol. The van der Waals surface area contributed by atoms with Crippen molar-refractivity contribution >= 4 is 29.2 Å². The number of rotatable bonds is 4. The van der Waals surface area contributed by atoms with Crippen LogP contribution in [0.5, 0.6) is 5.75 Å². The Bertz CT molecular complexity index is 992. The van der Waals surface area contributed by atoms with E-state index in [1.807, 2.05) is 0 Å². The SMILES string of the molecule is COc1cc(NC(=O)c2cn(C)c(=O)n(C)c2=O)c(Cl)cc1C(=O)O. The second kappa shape index (κ2) is 6.81. The minimum absolute atomic E-state index is 0.0134. The maximum Gasteiger partial charge on any atom is 0.339 e. The number of nitrogens with zero attached hydrogens (tertiary/aromatic N) is 2. The summed E-state index contributed by atoms with van der Waals surface area (Å²) < 4.78 is 6.85. The molecule has 2 rings (SSSR count). The number of hydrogen-bond donors (Lipinski definition) is 2. The lowest BCUT2D eigenvalue weighted by molar-refractivity contribution is 0.0693. The van der Waals surface area contributed by atoms with Gasteiger partial charge in [-0.15, -0.1) is 0 Å². The highest BCUT2D eigenvalue weighted by molar-refractivity contribution is 6.34. The smallest absolute Gasteiger partial charge is 0.339 e. The number of carbonyl (C=O) groups is 2. The van der Waals surface area contributed by atoms with E-state index in [1.165, 1.54) is 27.3 Å². The largest absolute Gasteiger partial charge is 0.496 e. The second-order valence-electron chi connectivity index (χ2n) is 5.09. The number of ether oxygens (including phenoxy) is 1. The van der Waals surface area contributed by atoms with Crippen molar-refractivity contribution in [3.63, 3.8) is 0 Å². The Labute approximate surface area is 146 Å². The zero-order valence-corrected chi connectivity index (χ0v) is 14.2. The van der Waals surface area contributed by atoms with Crippen LogP contribution in [0.1, 0.15) is 20.7 Å². The van der Waals surface area contributed by atoms with Crippen molar-refractivity contribution in [2.45, 2.75) is 0 Å². The first kappa shape index (κ1) is 18.3. The van der Waals surface area contributed by atoms with Gasteiger partial charge in [0.15, 0.2) is 0 Å². The zero-order valence-electron chi connectivity index (χ0n) is 13.5. The number of carbonyl (C=O) groups excluding carboxylic acids is 1. The van der Waals surface area contributed by atoms with E-state index in [9.17, 15) is 19.2 Å². The molecule has 25 heavy (non-hydrogen) atoms. The maximum atomic E-state index is 12.4. The van der Waals surface area contributed by atoms with Crippen molar-refractivity contribution in [2.75, 3.05) is 12.4 Å². The third kappa shape index (κ3) is 3.41. The summed E-state index contributed by atoms with van der Waals surface area (Å²) in [6.07, 6.45) is 1.11. The molecule has 132 valence electrons. The summed E-state index contributed by atoms with van der Waals surface area (Å²) in [5.74, 6) is -2.06. The van der Waals surface area contributed by atoms with Crippen LogP contribution >= 0.6 is 11.6 Å². The van der Waals surface area contributed by atoms with Crippen LogP contribution in [0.2, 0.25) is 5.02 Å². The van der Waals surface area contributed by atoms with Crippen LogP contribution in [-0.2, 0) is 14.1 Å². The van der Waals surface area contributed by atoms with Gasteiger partial charge in [-0.25, -0.2) is 9.59 Å².